The molecule has 0 unspecified atom stereocenters. The predicted molar refractivity (Wildman–Crippen MR) is 59.5 cm³/mol. The minimum atomic E-state index is -0.0936. The topological polar surface area (TPSA) is 38.3 Å². The van der Waals surface area contributed by atoms with Gasteiger partial charge in [0.1, 0.15) is 0 Å². The third-order valence-electron chi connectivity index (χ3n) is 2.36. The largest absolute Gasteiger partial charge is 0.376 e. The van der Waals surface area contributed by atoms with Gasteiger partial charge in [0.2, 0.25) is 5.91 Å². The number of ether oxygens (including phenoxy) is 1. The molecule has 1 amide bonds. The van der Waals surface area contributed by atoms with Gasteiger partial charge in [-0.25, -0.2) is 0 Å². The molecule has 0 aromatic carbocycles. The SMILES string of the molecule is CC(C)[C@H](Br)C(=O)NC[C@H]1CCCO1. The Morgan fingerprint density at radius 3 is 2.86 bits per heavy atom. The summed E-state index contributed by atoms with van der Waals surface area (Å²) in [6.07, 6.45) is 2.41. The summed E-state index contributed by atoms with van der Waals surface area (Å²) < 4.78 is 5.41. The molecule has 0 spiro atoms. The number of rotatable bonds is 4. The van der Waals surface area contributed by atoms with Crippen molar-refractivity contribution in [1.82, 2.24) is 5.32 Å². The lowest BCUT2D eigenvalue weighted by Crippen LogP contribution is -2.38. The van der Waals surface area contributed by atoms with Gasteiger partial charge in [0, 0.05) is 13.2 Å². The maximum atomic E-state index is 11.5. The third kappa shape index (κ3) is 3.58. The molecule has 1 saturated heterocycles. The first-order valence-corrected chi connectivity index (χ1v) is 6.06. The van der Waals surface area contributed by atoms with Gasteiger partial charge < -0.3 is 10.1 Å². The van der Waals surface area contributed by atoms with Crippen LogP contribution in [0.3, 0.4) is 0 Å². The lowest BCUT2D eigenvalue weighted by Gasteiger charge is -2.15. The van der Waals surface area contributed by atoms with Gasteiger partial charge in [-0.05, 0) is 18.8 Å². The number of alkyl halides is 1. The van der Waals surface area contributed by atoms with Crippen LogP contribution in [0.2, 0.25) is 0 Å². The van der Waals surface area contributed by atoms with Crippen LogP contribution in [0.5, 0.6) is 0 Å². The summed E-state index contributed by atoms with van der Waals surface area (Å²) in [5, 5.41) is 2.89. The average Bonchev–Trinajstić information content (AvgIpc) is 2.65. The zero-order valence-electron chi connectivity index (χ0n) is 8.75. The van der Waals surface area contributed by atoms with Crippen LogP contribution in [0, 0.1) is 5.92 Å². The minimum Gasteiger partial charge on any atom is -0.376 e. The molecule has 14 heavy (non-hydrogen) atoms. The molecule has 0 aromatic rings. The van der Waals surface area contributed by atoms with Crippen molar-refractivity contribution in [3.8, 4) is 0 Å². The van der Waals surface area contributed by atoms with Gasteiger partial charge in [-0.15, -0.1) is 0 Å². The van der Waals surface area contributed by atoms with Gasteiger partial charge in [0.25, 0.3) is 0 Å². The van der Waals surface area contributed by atoms with Crippen molar-refractivity contribution in [1.29, 1.82) is 0 Å². The van der Waals surface area contributed by atoms with E-state index < -0.39 is 0 Å². The Morgan fingerprint density at radius 2 is 2.36 bits per heavy atom. The zero-order valence-corrected chi connectivity index (χ0v) is 10.3. The normalized spacial score (nSPS) is 23.9. The van der Waals surface area contributed by atoms with Crippen LogP contribution in [0.4, 0.5) is 0 Å². The number of hydrogen-bond donors (Lipinski definition) is 1. The summed E-state index contributed by atoms with van der Waals surface area (Å²) in [5.41, 5.74) is 0. The first-order valence-electron chi connectivity index (χ1n) is 5.14. The van der Waals surface area contributed by atoms with Crippen LogP contribution in [0.25, 0.3) is 0 Å². The predicted octanol–water partition coefficient (Wildman–Crippen LogP) is 1.70. The maximum Gasteiger partial charge on any atom is 0.234 e. The summed E-state index contributed by atoms with van der Waals surface area (Å²) in [6.45, 7) is 5.52. The Kier molecular flexibility index (Phi) is 4.89. The monoisotopic (exact) mass is 263 g/mol. The Hall–Kier alpha value is -0.0900. The summed E-state index contributed by atoms with van der Waals surface area (Å²) in [7, 11) is 0. The molecule has 82 valence electrons. The number of carbonyl (C=O) groups excluding carboxylic acids is 1. The smallest absolute Gasteiger partial charge is 0.234 e. The standard InChI is InChI=1S/C10H18BrNO2/c1-7(2)9(11)10(13)12-6-8-4-3-5-14-8/h7-9H,3-6H2,1-2H3,(H,12,13)/t8-,9+/m1/s1. The van der Waals surface area contributed by atoms with Gasteiger partial charge in [-0.3, -0.25) is 4.79 Å². The van der Waals surface area contributed by atoms with E-state index in [4.69, 9.17) is 4.74 Å². The van der Waals surface area contributed by atoms with E-state index in [0.29, 0.717) is 12.5 Å². The van der Waals surface area contributed by atoms with Gasteiger partial charge in [0.05, 0.1) is 10.9 Å². The minimum absolute atomic E-state index is 0.0653. The van der Waals surface area contributed by atoms with E-state index in [1.165, 1.54) is 0 Å². The van der Waals surface area contributed by atoms with E-state index >= 15 is 0 Å². The number of carbonyl (C=O) groups is 1. The highest BCUT2D eigenvalue weighted by Crippen LogP contribution is 2.13. The number of halogens is 1. The van der Waals surface area contributed by atoms with Crippen molar-refractivity contribution >= 4 is 21.8 Å². The van der Waals surface area contributed by atoms with E-state index in [9.17, 15) is 4.79 Å². The van der Waals surface area contributed by atoms with Crippen molar-refractivity contribution in [2.75, 3.05) is 13.2 Å². The fourth-order valence-electron chi connectivity index (χ4n) is 1.42. The Labute approximate surface area is 93.7 Å². The summed E-state index contributed by atoms with van der Waals surface area (Å²) in [4.78, 5) is 11.4. The molecule has 3 nitrogen and oxygen atoms in total. The zero-order chi connectivity index (χ0) is 10.6. The van der Waals surface area contributed by atoms with Crippen LogP contribution in [-0.4, -0.2) is 30.0 Å². The van der Waals surface area contributed by atoms with Crippen LogP contribution >= 0.6 is 15.9 Å². The molecule has 0 bridgehead atoms. The Morgan fingerprint density at radius 1 is 1.64 bits per heavy atom. The van der Waals surface area contributed by atoms with Crippen molar-refractivity contribution in [3.63, 3.8) is 0 Å². The highest BCUT2D eigenvalue weighted by molar-refractivity contribution is 9.10. The molecule has 0 radical (unpaired) electrons. The molecule has 1 aliphatic rings. The maximum absolute atomic E-state index is 11.5. The van der Waals surface area contributed by atoms with Crippen LogP contribution in [0.15, 0.2) is 0 Å². The molecule has 1 heterocycles. The Balaban J connectivity index is 2.19. The molecule has 4 heteroatoms. The first-order chi connectivity index (χ1) is 6.61. The van der Waals surface area contributed by atoms with Crippen molar-refractivity contribution in [2.24, 2.45) is 5.92 Å². The number of hydrogen-bond acceptors (Lipinski definition) is 2. The first kappa shape index (κ1) is 12.0. The van der Waals surface area contributed by atoms with Crippen LogP contribution in [-0.2, 0) is 9.53 Å². The molecule has 1 fully saturated rings. The second kappa shape index (κ2) is 5.71. The van der Waals surface area contributed by atoms with Crippen LogP contribution in [0.1, 0.15) is 26.7 Å². The average molecular weight is 264 g/mol. The highest BCUT2D eigenvalue weighted by atomic mass is 79.9. The fourth-order valence-corrected chi connectivity index (χ4v) is 1.58. The van der Waals surface area contributed by atoms with Crippen molar-refractivity contribution in [2.45, 2.75) is 37.6 Å². The summed E-state index contributed by atoms with van der Waals surface area (Å²) in [6, 6.07) is 0. The molecule has 1 aliphatic heterocycles. The molecule has 1 rings (SSSR count). The second-order valence-corrected chi connectivity index (χ2v) is 5.01. The quantitative estimate of drug-likeness (QED) is 0.785. The van der Waals surface area contributed by atoms with E-state index in [1.807, 2.05) is 13.8 Å². The van der Waals surface area contributed by atoms with Gasteiger partial charge >= 0.3 is 0 Å². The summed E-state index contributed by atoms with van der Waals surface area (Å²) >= 11 is 3.36. The van der Waals surface area contributed by atoms with E-state index in [-0.39, 0.29) is 16.8 Å². The third-order valence-corrected chi connectivity index (χ3v) is 3.84. The van der Waals surface area contributed by atoms with E-state index in [2.05, 4.69) is 21.2 Å². The molecule has 0 aromatic heterocycles. The molecule has 0 saturated carbocycles. The van der Waals surface area contributed by atoms with Crippen molar-refractivity contribution in [3.05, 3.63) is 0 Å². The number of amides is 1. The molecule has 0 aliphatic carbocycles. The molecule has 2 atom stereocenters. The molecular formula is C10H18BrNO2. The van der Waals surface area contributed by atoms with E-state index in [0.717, 1.165) is 19.4 Å². The highest BCUT2D eigenvalue weighted by Gasteiger charge is 2.21. The van der Waals surface area contributed by atoms with Crippen LogP contribution < -0.4 is 5.32 Å². The number of nitrogens with one attached hydrogen (secondary N) is 1. The molecular weight excluding hydrogens is 246 g/mol. The second-order valence-electron chi connectivity index (χ2n) is 4.03. The fraction of sp³-hybridized carbons (Fsp3) is 0.900. The van der Waals surface area contributed by atoms with E-state index in [1.54, 1.807) is 0 Å². The molecule has 1 N–H and O–H groups in total. The lowest BCUT2D eigenvalue weighted by atomic mass is 10.1. The van der Waals surface area contributed by atoms with Gasteiger partial charge in [0.15, 0.2) is 0 Å². The summed E-state index contributed by atoms with van der Waals surface area (Å²) in [5.74, 6) is 0.384. The van der Waals surface area contributed by atoms with Gasteiger partial charge in [-0.1, -0.05) is 29.8 Å². The van der Waals surface area contributed by atoms with Crippen molar-refractivity contribution < 1.29 is 9.53 Å². The lowest BCUT2D eigenvalue weighted by molar-refractivity contribution is -0.121. The van der Waals surface area contributed by atoms with Gasteiger partial charge in [-0.2, -0.15) is 0 Å². The Bertz CT molecular complexity index is 191.